The van der Waals surface area contributed by atoms with Gasteiger partial charge >= 0.3 is 0 Å². The molecule has 11 heavy (non-hydrogen) atoms. The molecule has 0 aliphatic rings. The topological polar surface area (TPSA) is 12.9 Å². The summed E-state index contributed by atoms with van der Waals surface area (Å²) in [5.41, 5.74) is 0. The number of halogens is 3. The van der Waals surface area contributed by atoms with E-state index in [2.05, 4.69) is 4.98 Å². The van der Waals surface area contributed by atoms with Crippen LogP contribution in [0, 0.1) is 0 Å². The van der Waals surface area contributed by atoms with Crippen LogP contribution in [-0.4, -0.2) is 10.7 Å². The predicted molar refractivity (Wildman–Crippen MR) is 41.1 cm³/mol. The number of pyridine rings is 1. The number of hydrogen-bond donors (Lipinski definition) is 0. The zero-order valence-electron chi connectivity index (χ0n) is 5.30. The van der Waals surface area contributed by atoms with E-state index in [4.69, 9.17) is 11.6 Å². The van der Waals surface area contributed by atoms with Crippen molar-refractivity contribution >= 4 is 23.4 Å². The molecule has 1 nitrogen and oxygen atoms in total. The quantitative estimate of drug-likeness (QED) is 0.532. The summed E-state index contributed by atoms with van der Waals surface area (Å²) >= 11 is 5.89. The van der Waals surface area contributed by atoms with Crippen LogP contribution in [0.4, 0.5) is 8.78 Å². The zero-order chi connectivity index (χ0) is 8.27. The van der Waals surface area contributed by atoms with Gasteiger partial charge in [-0.25, -0.2) is 4.98 Å². The van der Waals surface area contributed by atoms with E-state index >= 15 is 0 Å². The molecule has 0 aromatic carbocycles. The van der Waals surface area contributed by atoms with Crippen LogP contribution < -0.4 is 0 Å². The molecule has 0 saturated heterocycles. The molecule has 1 aromatic rings. The first kappa shape index (κ1) is 8.74. The lowest BCUT2D eigenvalue weighted by Gasteiger charge is -1.97. The van der Waals surface area contributed by atoms with Crippen LogP contribution in [0.2, 0.25) is 5.15 Å². The van der Waals surface area contributed by atoms with Gasteiger partial charge in [-0.2, -0.15) is 8.78 Å². The molecule has 0 fully saturated rings. The Morgan fingerprint density at radius 3 is 2.64 bits per heavy atom. The first-order valence-electron chi connectivity index (χ1n) is 2.75. The summed E-state index contributed by atoms with van der Waals surface area (Å²) in [5, 5.41) is 0.309. The van der Waals surface area contributed by atoms with Crippen molar-refractivity contribution in [2.75, 3.05) is 0 Å². The fourth-order valence-corrected chi connectivity index (χ4v) is 1.11. The number of alkyl halides is 2. The van der Waals surface area contributed by atoms with E-state index in [0.717, 1.165) is 0 Å². The third-order valence-corrected chi connectivity index (χ3v) is 1.84. The Morgan fingerprint density at radius 2 is 2.18 bits per heavy atom. The lowest BCUT2D eigenvalue weighted by molar-refractivity contribution is 0.252. The lowest BCUT2D eigenvalue weighted by atomic mass is 10.5. The largest absolute Gasteiger partial charge is 0.288 e. The molecule has 1 heterocycles. The molecule has 0 N–H and O–H groups in total. The second-order valence-corrected chi connectivity index (χ2v) is 3.15. The van der Waals surface area contributed by atoms with Crippen molar-refractivity contribution in [1.29, 1.82) is 0 Å². The van der Waals surface area contributed by atoms with Gasteiger partial charge in [0.05, 0.1) is 0 Å². The number of aromatic nitrogens is 1. The van der Waals surface area contributed by atoms with E-state index in [1.807, 2.05) is 0 Å². The summed E-state index contributed by atoms with van der Waals surface area (Å²) in [6.07, 6.45) is 1.32. The number of hydrogen-bond acceptors (Lipinski definition) is 2. The molecule has 0 spiro atoms. The normalized spacial score (nSPS) is 10.5. The maximum absolute atomic E-state index is 11.7. The van der Waals surface area contributed by atoms with E-state index in [9.17, 15) is 8.78 Å². The molecule has 0 bridgehead atoms. The fourth-order valence-electron chi connectivity index (χ4n) is 0.535. The molecule has 1 rings (SSSR count). The van der Waals surface area contributed by atoms with E-state index in [-0.39, 0.29) is 0 Å². The van der Waals surface area contributed by atoms with Crippen molar-refractivity contribution in [2.45, 2.75) is 10.7 Å². The molecule has 0 aliphatic heterocycles. The van der Waals surface area contributed by atoms with Crippen LogP contribution in [0.5, 0.6) is 0 Å². The molecule has 0 unspecified atom stereocenters. The van der Waals surface area contributed by atoms with Crippen molar-refractivity contribution in [3.63, 3.8) is 0 Å². The summed E-state index contributed by atoms with van der Waals surface area (Å²) in [6.45, 7) is 0. The highest BCUT2D eigenvalue weighted by Crippen LogP contribution is 2.24. The van der Waals surface area contributed by atoms with Gasteiger partial charge in [0.15, 0.2) is 0 Å². The van der Waals surface area contributed by atoms with Crippen LogP contribution in [0.25, 0.3) is 0 Å². The van der Waals surface area contributed by atoms with Crippen LogP contribution in [0.3, 0.4) is 0 Å². The average molecular weight is 196 g/mol. The molecular weight excluding hydrogens is 192 g/mol. The minimum atomic E-state index is -2.40. The maximum atomic E-state index is 11.7. The molecule has 5 heteroatoms. The van der Waals surface area contributed by atoms with Crippen molar-refractivity contribution < 1.29 is 8.78 Å². The molecule has 0 aliphatic carbocycles. The predicted octanol–water partition coefficient (Wildman–Crippen LogP) is 3.05. The van der Waals surface area contributed by atoms with E-state index in [0.29, 0.717) is 21.8 Å². The van der Waals surface area contributed by atoms with Gasteiger partial charge in [-0.05, 0) is 12.1 Å². The monoisotopic (exact) mass is 195 g/mol. The third-order valence-electron chi connectivity index (χ3n) is 0.925. The maximum Gasteiger partial charge on any atom is 0.288 e. The smallest absolute Gasteiger partial charge is 0.243 e. The van der Waals surface area contributed by atoms with Gasteiger partial charge in [-0.3, -0.25) is 0 Å². The van der Waals surface area contributed by atoms with Crippen LogP contribution in [0.15, 0.2) is 23.2 Å². The fraction of sp³-hybridized carbons (Fsp3) is 0.167. The van der Waals surface area contributed by atoms with Gasteiger partial charge in [0.2, 0.25) is 0 Å². The highest BCUT2D eigenvalue weighted by Gasteiger charge is 2.04. The summed E-state index contributed by atoms with van der Waals surface area (Å²) < 4.78 is 23.4. The Morgan fingerprint density at radius 1 is 1.45 bits per heavy atom. The summed E-state index contributed by atoms with van der Waals surface area (Å²) in [7, 11) is 0. The van der Waals surface area contributed by atoms with Crippen molar-refractivity contribution in [1.82, 2.24) is 4.98 Å². The first-order valence-corrected chi connectivity index (χ1v) is 4.00. The van der Waals surface area contributed by atoms with Gasteiger partial charge in [-0.1, -0.05) is 23.4 Å². The number of rotatable bonds is 2. The minimum absolute atomic E-state index is 0.309. The zero-order valence-corrected chi connectivity index (χ0v) is 6.87. The van der Waals surface area contributed by atoms with Crippen molar-refractivity contribution in [3.8, 4) is 0 Å². The Labute approximate surface area is 71.8 Å². The molecule has 1 aromatic heterocycles. The highest BCUT2D eigenvalue weighted by molar-refractivity contribution is 7.99. The van der Waals surface area contributed by atoms with E-state index in [1.54, 1.807) is 0 Å². The molecule has 0 radical (unpaired) electrons. The first-order chi connectivity index (χ1) is 5.18. The van der Waals surface area contributed by atoms with Gasteiger partial charge in [0.25, 0.3) is 5.76 Å². The molecular formula is C6H4ClF2NS. The standard InChI is InChI=1S/C6H4ClF2NS/c7-5-2-1-4(3-10-5)11-6(8)9/h1-3,6H. The van der Waals surface area contributed by atoms with Crippen LogP contribution in [0.1, 0.15) is 0 Å². The minimum Gasteiger partial charge on any atom is -0.243 e. The average Bonchev–Trinajstić information content (AvgIpc) is 1.93. The summed E-state index contributed by atoms with van der Waals surface area (Å²) in [5.74, 6) is -2.40. The summed E-state index contributed by atoms with van der Waals surface area (Å²) in [4.78, 5) is 4.06. The molecule has 0 saturated carbocycles. The van der Waals surface area contributed by atoms with Gasteiger partial charge in [0, 0.05) is 11.1 Å². The second kappa shape index (κ2) is 3.88. The number of thioether (sulfide) groups is 1. The SMILES string of the molecule is FC(F)Sc1ccc(Cl)nc1. The second-order valence-electron chi connectivity index (χ2n) is 1.70. The van der Waals surface area contributed by atoms with E-state index < -0.39 is 5.76 Å². The van der Waals surface area contributed by atoms with Gasteiger partial charge < -0.3 is 0 Å². The molecule has 0 atom stereocenters. The molecule has 0 amide bonds. The third kappa shape index (κ3) is 3.03. The summed E-state index contributed by atoms with van der Waals surface area (Å²) in [6, 6.07) is 2.98. The van der Waals surface area contributed by atoms with E-state index in [1.165, 1.54) is 18.3 Å². The Bertz CT molecular complexity index is 227. The molecule has 60 valence electrons. The number of nitrogens with zero attached hydrogens (tertiary/aromatic N) is 1. The Hall–Kier alpha value is -0.350. The van der Waals surface area contributed by atoms with Crippen LogP contribution >= 0.6 is 23.4 Å². The van der Waals surface area contributed by atoms with Gasteiger partial charge in [0.1, 0.15) is 5.15 Å². The van der Waals surface area contributed by atoms with Gasteiger partial charge in [-0.15, -0.1) is 0 Å². The highest BCUT2D eigenvalue weighted by atomic mass is 35.5. The van der Waals surface area contributed by atoms with Crippen molar-refractivity contribution in [2.24, 2.45) is 0 Å². The van der Waals surface area contributed by atoms with Crippen molar-refractivity contribution in [3.05, 3.63) is 23.5 Å². The lowest BCUT2D eigenvalue weighted by Crippen LogP contribution is -1.82. The Kier molecular flexibility index (Phi) is 3.08. The van der Waals surface area contributed by atoms with Crippen LogP contribution in [-0.2, 0) is 0 Å². The Balaban J connectivity index is 2.66.